The third-order valence-corrected chi connectivity index (χ3v) is 10.3. The van der Waals surface area contributed by atoms with Crippen molar-refractivity contribution in [3.8, 4) is 0 Å². The number of halogens is 2. The zero-order chi connectivity index (χ0) is 29.0. The number of sulfonamides is 1. The van der Waals surface area contributed by atoms with Crippen LogP contribution < -0.4 is 10.2 Å². The van der Waals surface area contributed by atoms with Crippen LogP contribution in [0.15, 0.2) is 0 Å². The van der Waals surface area contributed by atoms with E-state index in [1.54, 1.807) is 25.7 Å². The number of rotatable bonds is 8. The number of carbonyl (C=O) groups excluding carboxylic acids is 1. The van der Waals surface area contributed by atoms with Crippen LogP contribution in [0.4, 0.5) is 25.3 Å². The van der Waals surface area contributed by atoms with Gasteiger partial charge in [-0.1, -0.05) is 13.8 Å². The standard InChI is InChI=1S/C27H42F2N6O4S/c1-17(2)7-9-30-24-31-22-18(6-8-27(22,28)29)23(32-24)34-14-19-20(15-34)21(19)16-40(37,38)35-12-10-33(11-13-35)25(36)39-26(3,4)5/h17,19-21H,6-16H2,1-5H3,(H,30,31,32)/t19-,20+,21?. The first-order valence-electron chi connectivity index (χ1n) is 14.4. The molecule has 2 aliphatic heterocycles. The van der Waals surface area contributed by atoms with Gasteiger partial charge in [-0.05, 0) is 57.3 Å². The minimum atomic E-state index is -3.48. The molecule has 0 spiro atoms. The molecule has 40 heavy (non-hydrogen) atoms. The summed E-state index contributed by atoms with van der Waals surface area (Å²) in [6.07, 6.45) is 0.436. The predicted octanol–water partition coefficient (Wildman–Crippen LogP) is 3.54. The number of piperidine rings is 1. The summed E-state index contributed by atoms with van der Waals surface area (Å²) < 4.78 is 62.6. The number of aromatic nitrogens is 2. The number of amides is 1. The molecule has 0 bridgehead atoms. The van der Waals surface area contributed by atoms with Gasteiger partial charge in [-0.25, -0.2) is 18.2 Å². The van der Waals surface area contributed by atoms with Gasteiger partial charge in [-0.15, -0.1) is 0 Å². The largest absolute Gasteiger partial charge is 0.444 e. The van der Waals surface area contributed by atoms with Gasteiger partial charge in [0.05, 0.1) is 5.75 Å². The molecule has 1 aromatic heterocycles. The average Bonchev–Trinajstić information content (AvgIpc) is 3.16. The van der Waals surface area contributed by atoms with Crippen molar-refractivity contribution in [1.29, 1.82) is 0 Å². The monoisotopic (exact) mass is 584 g/mol. The maximum atomic E-state index is 14.6. The van der Waals surface area contributed by atoms with E-state index in [9.17, 15) is 22.0 Å². The maximum Gasteiger partial charge on any atom is 0.410 e. The van der Waals surface area contributed by atoms with Crippen molar-refractivity contribution >= 4 is 27.9 Å². The van der Waals surface area contributed by atoms with Crippen LogP contribution in [0.1, 0.15) is 58.7 Å². The summed E-state index contributed by atoms with van der Waals surface area (Å²) >= 11 is 0. The molecule has 1 saturated carbocycles. The number of nitrogens with one attached hydrogen (secondary N) is 1. The highest BCUT2D eigenvalue weighted by molar-refractivity contribution is 7.89. The van der Waals surface area contributed by atoms with Crippen LogP contribution >= 0.6 is 0 Å². The molecule has 0 aromatic carbocycles. The lowest BCUT2D eigenvalue weighted by Gasteiger charge is -2.35. The van der Waals surface area contributed by atoms with Gasteiger partial charge in [0.25, 0.3) is 5.92 Å². The number of nitrogens with zero attached hydrogens (tertiary/aromatic N) is 5. The summed E-state index contributed by atoms with van der Waals surface area (Å²) in [5, 5.41) is 3.13. The molecule has 224 valence electrons. The summed E-state index contributed by atoms with van der Waals surface area (Å²) in [7, 11) is -3.48. The van der Waals surface area contributed by atoms with Crippen molar-refractivity contribution in [2.24, 2.45) is 23.7 Å². The van der Waals surface area contributed by atoms with Gasteiger partial charge in [0.1, 0.15) is 17.1 Å². The Balaban J connectivity index is 1.18. The SMILES string of the molecule is CC(C)CCNc1nc(N2C[C@@H]3C(CS(=O)(=O)N4CCN(C(=O)OC(C)(C)C)CC4)[C@@H]3C2)c2c(n1)C(F)(F)CC2. The fourth-order valence-corrected chi connectivity index (χ4v) is 8.02. The molecule has 1 amide bonds. The van der Waals surface area contributed by atoms with Gasteiger partial charge in [0, 0.05) is 57.8 Å². The molecule has 5 rings (SSSR count). The first kappa shape index (κ1) is 29.2. The molecule has 3 fully saturated rings. The molecule has 13 heteroatoms. The van der Waals surface area contributed by atoms with Crippen molar-refractivity contribution < 1.29 is 26.7 Å². The second-order valence-electron chi connectivity index (χ2n) is 13.1. The molecule has 0 radical (unpaired) electrons. The molecule has 1 aromatic rings. The van der Waals surface area contributed by atoms with Gasteiger partial charge in [0.15, 0.2) is 0 Å². The number of carbonyl (C=O) groups is 1. The molecule has 3 heterocycles. The van der Waals surface area contributed by atoms with E-state index in [-0.39, 0.29) is 61.1 Å². The van der Waals surface area contributed by atoms with Crippen LogP contribution in [0.3, 0.4) is 0 Å². The van der Waals surface area contributed by atoms with E-state index in [0.29, 0.717) is 50.0 Å². The average molecular weight is 585 g/mol. The zero-order valence-electron chi connectivity index (χ0n) is 24.1. The number of anilines is 2. The number of hydrogen-bond donors (Lipinski definition) is 1. The molecule has 1 unspecified atom stereocenters. The van der Waals surface area contributed by atoms with E-state index in [2.05, 4.69) is 29.1 Å². The molecule has 2 aliphatic carbocycles. The molecule has 10 nitrogen and oxygen atoms in total. The van der Waals surface area contributed by atoms with Gasteiger partial charge in [-0.2, -0.15) is 18.1 Å². The Hall–Kier alpha value is -2.28. The molecule has 3 atom stereocenters. The Morgan fingerprint density at radius 1 is 1.12 bits per heavy atom. The summed E-state index contributed by atoms with van der Waals surface area (Å²) in [4.78, 5) is 24.8. The van der Waals surface area contributed by atoms with E-state index in [4.69, 9.17) is 4.74 Å². The van der Waals surface area contributed by atoms with E-state index in [1.807, 2.05) is 4.90 Å². The lowest BCUT2D eigenvalue weighted by Crippen LogP contribution is -2.52. The maximum absolute atomic E-state index is 14.6. The van der Waals surface area contributed by atoms with Gasteiger partial charge in [-0.3, -0.25) is 0 Å². The zero-order valence-corrected chi connectivity index (χ0v) is 24.9. The minimum absolute atomic E-state index is 0.0464. The van der Waals surface area contributed by atoms with Crippen LogP contribution in [0.25, 0.3) is 0 Å². The highest BCUT2D eigenvalue weighted by atomic mass is 32.2. The Bertz CT molecular complexity index is 1220. The van der Waals surface area contributed by atoms with Crippen molar-refractivity contribution in [3.05, 3.63) is 11.3 Å². The van der Waals surface area contributed by atoms with Gasteiger partial charge < -0.3 is 19.9 Å². The number of piperazine rings is 1. The van der Waals surface area contributed by atoms with Crippen molar-refractivity contribution in [1.82, 2.24) is 19.2 Å². The first-order chi connectivity index (χ1) is 18.6. The topological polar surface area (TPSA) is 108 Å². The summed E-state index contributed by atoms with van der Waals surface area (Å²) in [5.74, 6) is -1.17. The van der Waals surface area contributed by atoms with E-state index < -0.39 is 27.6 Å². The first-order valence-corrected chi connectivity index (χ1v) is 16.0. The van der Waals surface area contributed by atoms with Crippen molar-refractivity contribution in [2.75, 3.05) is 61.8 Å². The Morgan fingerprint density at radius 3 is 2.38 bits per heavy atom. The number of ether oxygens (including phenoxy) is 1. The Labute approximate surface area is 235 Å². The normalized spacial score (nSPS) is 26.1. The van der Waals surface area contributed by atoms with Crippen molar-refractivity contribution in [2.45, 2.75) is 65.4 Å². The van der Waals surface area contributed by atoms with Crippen LogP contribution in [-0.4, -0.2) is 90.9 Å². The van der Waals surface area contributed by atoms with Crippen LogP contribution in [0.2, 0.25) is 0 Å². The molecular weight excluding hydrogens is 542 g/mol. The second kappa shape index (κ2) is 10.5. The lowest BCUT2D eigenvalue weighted by molar-refractivity contribution is -0.00589. The molecule has 2 saturated heterocycles. The summed E-state index contributed by atoms with van der Waals surface area (Å²) in [5.41, 5.74) is -0.251. The number of hydrogen-bond acceptors (Lipinski definition) is 8. The highest BCUT2D eigenvalue weighted by Crippen LogP contribution is 2.54. The van der Waals surface area contributed by atoms with Crippen LogP contribution in [0.5, 0.6) is 0 Å². The summed E-state index contributed by atoms with van der Waals surface area (Å²) in [6.45, 7) is 12.5. The molecular formula is C27H42F2N6O4S. The number of alkyl halides is 2. The minimum Gasteiger partial charge on any atom is -0.444 e. The van der Waals surface area contributed by atoms with Gasteiger partial charge in [0.2, 0.25) is 16.0 Å². The third-order valence-electron chi connectivity index (χ3n) is 8.38. The second-order valence-corrected chi connectivity index (χ2v) is 15.1. The Morgan fingerprint density at radius 2 is 1.77 bits per heavy atom. The fraction of sp³-hybridized carbons (Fsp3) is 0.815. The Kier molecular flexibility index (Phi) is 7.69. The summed E-state index contributed by atoms with van der Waals surface area (Å²) in [6, 6.07) is 0. The molecule has 1 N–H and O–H groups in total. The van der Waals surface area contributed by atoms with Crippen LogP contribution in [0, 0.1) is 23.7 Å². The van der Waals surface area contributed by atoms with Crippen molar-refractivity contribution in [3.63, 3.8) is 0 Å². The van der Waals surface area contributed by atoms with Gasteiger partial charge >= 0.3 is 6.09 Å². The number of fused-ring (bicyclic) bond motifs is 2. The van der Waals surface area contributed by atoms with Crippen LogP contribution in [-0.2, 0) is 27.1 Å². The van der Waals surface area contributed by atoms with E-state index >= 15 is 0 Å². The van der Waals surface area contributed by atoms with E-state index in [1.165, 1.54) is 4.31 Å². The highest BCUT2D eigenvalue weighted by Gasteiger charge is 2.58. The smallest absolute Gasteiger partial charge is 0.410 e. The third kappa shape index (κ3) is 6.14. The fourth-order valence-electron chi connectivity index (χ4n) is 6.11. The quantitative estimate of drug-likeness (QED) is 0.495. The lowest BCUT2D eigenvalue weighted by atomic mass is 10.1. The van der Waals surface area contributed by atoms with E-state index in [0.717, 1.165) is 6.42 Å². The molecule has 4 aliphatic rings. The predicted molar refractivity (Wildman–Crippen MR) is 148 cm³/mol.